The second-order valence-electron chi connectivity index (χ2n) is 15.6. The molecule has 2 fully saturated rings. The van der Waals surface area contributed by atoms with Crippen LogP contribution in [0.3, 0.4) is 0 Å². The third-order valence-electron chi connectivity index (χ3n) is 11.1. The van der Waals surface area contributed by atoms with E-state index in [2.05, 4.69) is 61.7 Å². The van der Waals surface area contributed by atoms with Gasteiger partial charge in [0.1, 0.15) is 23.7 Å². The lowest BCUT2D eigenvalue weighted by Gasteiger charge is -2.33. The van der Waals surface area contributed by atoms with Gasteiger partial charge >= 0.3 is 6.09 Å². The molecule has 2 saturated heterocycles. The maximum Gasteiger partial charge on any atom is 0.407 e. The fourth-order valence-corrected chi connectivity index (χ4v) is 8.00. The molecule has 2 aliphatic rings. The summed E-state index contributed by atoms with van der Waals surface area (Å²) >= 11 is 0. The van der Waals surface area contributed by atoms with Gasteiger partial charge in [0, 0.05) is 34.2 Å². The molecule has 0 radical (unpaired) electrons. The van der Waals surface area contributed by atoms with E-state index in [9.17, 15) is 24.8 Å². The van der Waals surface area contributed by atoms with Gasteiger partial charge < -0.3 is 30.2 Å². The average Bonchev–Trinajstić information content (AvgIpc) is 4.04. The van der Waals surface area contributed by atoms with Crippen molar-refractivity contribution in [3.8, 4) is 39.8 Å². The Bertz CT molecular complexity index is 2120. The third kappa shape index (κ3) is 8.50. The maximum absolute atomic E-state index is 13.9. The van der Waals surface area contributed by atoms with Crippen molar-refractivity contribution in [2.45, 2.75) is 77.5 Å². The Balaban J connectivity index is 1.11. The topological polar surface area (TPSA) is 190 Å². The molecule has 0 spiro atoms. The first-order valence-electron chi connectivity index (χ1n) is 19.6. The van der Waals surface area contributed by atoms with E-state index in [-0.39, 0.29) is 35.7 Å². The minimum Gasteiger partial charge on any atom is -0.465 e. The highest BCUT2D eigenvalue weighted by atomic mass is 16.4. The molecule has 15 nitrogen and oxygen atoms in total. The highest BCUT2D eigenvalue weighted by Gasteiger charge is 2.40. The van der Waals surface area contributed by atoms with E-state index in [0.717, 1.165) is 70.0 Å². The molecule has 0 unspecified atom stereocenters. The van der Waals surface area contributed by atoms with Crippen molar-refractivity contribution in [1.82, 2.24) is 44.9 Å². The predicted octanol–water partition coefficient (Wildman–Crippen LogP) is 6.11. The number of amides is 3. The van der Waals surface area contributed by atoms with Gasteiger partial charge in [-0.3, -0.25) is 24.4 Å². The summed E-state index contributed by atoms with van der Waals surface area (Å²) in [5.41, 5.74) is 5.76. The van der Waals surface area contributed by atoms with Gasteiger partial charge in [-0.15, -0.1) is 0 Å². The number of guanidine groups is 1. The summed E-state index contributed by atoms with van der Waals surface area (Å²) < 4.78 is 0. The molecule has 4 heterocycles. The molecule has 4 atom stereocenters. The molecular formula is C42H53N11O4. The number of hydrogen-bond donors (Lipinski definition) is 4. The number of aliphatic imine (C=N–C) groups is 1. The quantitative estimate of drug-likeness (QED) is 0.0603. The fraction of sp³-hybridized carbons (Fsp3) is 0.452. The van der Waals surface area contributed by atoms with Crippen LogP contribution in [0.25, 0.3) is 33.6 Å². The lowest BCUT2D eigenvalue weighted by molar-refractivity contribution is -0.138. The molecule has 4 aromatic rings. The minimum atomic E-state index is -1.12. The molecule has 4 N–H and O–H groups in total. The number of carboxylic acid groups (broad SMARTS) is 1. The third-order valence-corrected chi connectivity index (χ3v) is 11.1. The number of rotatable bonds is 11. The predicted molar refractivity (Wildman–Crippen MR) is 217 cm³/mol. The van der Waals surface area contributed by atoms with Gasteiger partial charge in [0.25, 0.3) is 0 Å². The Morgan fingerprint density at radius 1 is 0.807 bits per heavy atom. The Morgan fingerprint density at radius 2 is 1.26 bits per heavy atom. The monoisotopic (exact) mass is 775 g/mol. The first kappa shape index (κ1) is 40.5. The molecule has 0 bridgehead atoms. The summed E-state index contributed by atoms with van der Waals surface area (Å²) in [6.07, 6.45) is 7.76. The number of imidazole rings is 2. The Morgan fingerprint density at radius 3 is 1.67 bits per heavy atom. The zero-order valence-electron chi connectivity index (χ0n) is 33.7. The largest absolute Gasteiger partial charge is 0.465 e. The van der Waals surface area contributed by atoms with Crippen LogP contribution in [0, 0.1) is 23.3 Å². The molecule has 3 amide bonds. The Hall–Kier alpha value is -6.17. The van der Waals surface area contributed by atoms with Gasteiger partial charge in [0.15, 0.2) is 6.19 Å². The molecule has 15 heteroatoms. The number of carbonyl (C=O) groups excluding carboxylic acids is 2. The maximum atomic E-state index is 13.9. The number of benzene rings is 2. The van der Waals surface area contributed by atoms with Crippen molar-refractivity contribution >= 4 is 23.9 Å². The summed E-state index contributed by atoms with van der Waals surface area (Å²) in [5.74, 6) is 1.34. The van der Waals surface area contributed by atoms with Crippen molar-refractivity contribution in [2.75, 3.05) is 34.2 Å². The molecule has 0 saturated carbocycles. The first-order chi connectivity index (χ1) is 27.3. The number of aromatic nitrogens is 4. The summed E-state index contributed by atoms with van der Waals surface area (Å²) in [4.78, 5) is 65.7. The number of nitrogens with one attached hydrogen (secondary N) is 3. The average molecular weight is 776 g/mol. The van der Waals surface area contributed by atoms with E-state index >= 15 is 0 Å². The van der Waals surface area contributed by atoms with Crippen LogP contribution in [0.1, 0.15) is 77.1 Å². The van der Waals surface area contributed by atoms with E-state index in [4.69, 9.17) is 4.98 Å². The van der Waals surface area contributed by atoms with Crippen LogP contribution < -0.4 is 5.32 Å². The number of H-pyrrole nitrogens is 2. The number of nitriles is 1. The normalized spacial score (nSPS) is 18.1. The second-order valence-corrected chi connectivity index (χ2v) is 15.6. The number of hydrogen-bond acceptors (Lipinski definition) is 7. The SMILES string of the molecule is C/N=C(\N[C@H](C(=O)N1CCC[C@H]1c1ncc(-c2ccc(-c3ccc(-c4cnc([C@@H]5CCCN5C(=O)[C@H](C(C)C)N(C)C(=O)O)[nH]4)cc3)cc2)[nH]1)C(C)C)N(C)C#N. The molecule has 2 aromatic heterocycles. The van der Waals surface area contributed by atoms with Crippen molar-refractivity contribution < 1.29 is 19.5 Å². The Kier molecular flexibility index (Phi) is 12.3. The first-order valence-corrected chi connectivity index (χ1v) is 19.6. The summed E-state index contributed by atoms with van der Waals surface area (Å²) in [6.45, 7) is 8.86. The molecule has 57 heavy (non-hydrogen) atoms. The van der Waals surface area contributed by atoms with E-state index in [1.165, 1.54) is 11.9 Å². The lowest BCUT2D eigenvalue weighted by Crippen LogP contribution is -2.53. The van der Waals surface area contributed by atoms with Crippen LogP contribution in [0.4, 0.5) is 4.79 Å². The van der Waals surface area contributed by atoms with E-state index in [1.54, 1.807) is 25.2 Å². The van der Waals surface area contributed by atoms with Gasteiger partial charge in [-0.1, -0.05) is 76.2 Å². The fourth-order valence-electron chi connectivity index (χ4n) is 8.00. The number of carbonyl (C=O) groups is 3. The van der Waals surface area contributed by atoms with Gasteiger partial charge in [-0.25, -0.2) is 14.8 Å². The number of likely N-dealkylation sites (tertiary alicyclic amines) is 2. The molecular weight excluding hydrogens is 723 g/mol. The highest BCUT2D eigenvalue weighted by Crippen LogP contribution is 2.35. The second kappa shape index (κ2) is 17.3. The van der Waals surface area contributed by atoms with Crippen molar-refractivity contribution in [3.05, 3.63) is 72.6 Å². The molecule has 300 valence electrons. The molecule has 0 aliphatic carbocycles. The summed E-state index contributed by atoms with van der Waals surface area (Å²) in [6, 6.07) is 14.7. The summed E-state index contributed by atoms with van der Waals surface area (Å²) in [7, 11) is 4.65. The van der Waals surface area contributed by atoms with Crippen molar-refractivity contribution in [1.29, 1.82) is 5.26 Å². The van der Waals surface area contributed by atoms with Gasteiger partial charge in [0.05, 0.1) is 35.9 Å². The van der Waals surface area contributed by atoms with Gasteiger partial charge in [0.2, 0.25) is 17.8 Å². The number of aromatic amines is 2. The zero-order valence-corrected chi connectivity index (χ0v) is 33.7. The van der Waals surface area contributed by atoms with E-state index < -0.39 is 18.2 Å². The van der Waals surface area contributed by atoms with Crippen LogP contribution in [0.5, 0.6) is 0 Å². The smallest absolute Gasteiger partial charge is 0.407 e. The lowest BCUT2D eigenvalue weighted by atomic mass is 10.0. The highest BCUT2D eigenvalue weighted by molar-refractivity contribution is 5.90. The van der Waals surface area contributed by atoms with E-state index in [1.807, 2.05) is 57.1 Å². The summed E-state index contributed by atoms with van der Waals surface area (Å²) in [5, 5.41) is 22.1. The number of nitrogens with zero attached hydrogens (tertiary/aromatic N) is 8. The van der Waals surface area contributed by atoms with E-state index in [0.29, 0.717) is 24.9 Å². The van der Waals surface area contributed by atoms with Crippen LogP contribution in [0.15, 0.2) is 65.9 Å². The van der Waals surface area contributed by atoms with Gasteiger partial charge in [-0.05, 0) is 59.8 Å². The van der Waals surface area contributed by atoms with Crippen molar-refractivity contribution in [3.63, 3.8) is 0 Å². The van der Waals surface area contributed by atoms with Crippen molar-refractivity contribution in [2.24, 2.45) is 16.8 Å². The minimum absolute atomic E-state index is 0.0333. The molecule has 2 aromatic carbocycles. The Labute approximate surface area is 333 Å². The van der Waals surface area contributed by atoms with Gasteiger partial charge in [-0.2, -0.15) is 5.26 Å². The van der Waals surface area contributed by atoms with Crippen LogP contribution in [-0.2, 0) is 9.59 Å². The molecule has 2 aliphatic heterocycles. The molecule has 6 rings (SSSR count). The standard InChI is InChI=1S/C42H53N11O4/c1-25(2)35(49-41(44-5)50(6)24-43)39(54)52-20-8-10-33(52)37-45-22-31(47-37)29-16-12-27(13-17-29)28-14-18-30(19-15-28)32-23-46-38(48-32)34-11-9-21-53(34)40(55)36(26(3)4)51(7)42(56)57/h12-19,22-23,25-26,33-36H,8-11,20-21H2,1-7H3,(H,44,49)(H,45,47)(H,46,48)(H,56,57)/t33-,34-,35-,36-/m0/s1. The van der Waals surface area contributed by atoms with Crippen LogP contribution >= 0.6 is 0 Å². The zero-order chi connectivity index (χ0) is 41.0. The number of likely N-dealkylation sites (N-methyl/N-ethyl adjacent to an activating group) is 1. The van der Waals surface area contributed by atoms with Crippen LogP contribution in [0.2, 0.25) is 0 Å². The van der Waals surface area contributed by atoms with Crippen LogP contribution in [-0.4, -0.2) is 115 Å².